The van der Waals surface area contributed by atoms with Gasteiger partial charge in [0.25, 0.3) is 0 Å². The van der Waals surface area contributed by atoms with Crippen molar-refractivity contribution >= 4 is 5.97 Å². The van der Waals surface area contributed by atoms with Crippen LogP contribution in [0.15, 0.2) is 77.4 Å². The van der Waals surface area contributed by atoms with Crippen LogP contribution in [-0.4, -0.2) is 27.7 Å². The second kappa shape index (κ2) is 11.0. The van der Waals surface area contributed by atoms with Gasteiger partial charge in [0.1, 0.15) is 18.1 Å². The van der Waals surface area contributed by atoms with E-state index in [1.54, 1.807) is 24.3 Å². The zero-order valence-electron chi connectivity index (χ0n) is 17.8. The number of rotatable bonds is 10. The first-order valence-corrected chi connectivity index (χ1v) is 10.3. The van der Waals surface area contributed by atoms with Gasteiger partial charge < -0.3 is 18.7 Å². The van der Waals surface area contributed by atoms with E-state index in [-0.39, 0.29) is 37.0 Å². The number of carbonyl (C=O) groups is 1. The van der Waals surface area contributed by atoms with Gasteiger partial charge in [-0.1, -0.05) is 35.5 Å². The highest BCUT2D eigenvalue weighted by Crippen LogP contribution is 2.25. The number of aryl methyl sites for hydroxylation is 1. The Balaban J connectivity index is 1.27. The number of pyridine rings is 1. The fraction of sp³-hybridized carbons (Fsp3) is 0.167. The van der Waals surface area contributed by atoms with E-state index < -0.39 is 6.61 Å². The second-order valence-electron chi connectivity index (χ2n) is 7.00. The van der Waals surface area contributed by atoms with Crippen molar-refractivity contribution in [3.63, 3.8) is 0 Å². The molecule has 174 valence electrons. The van der Waals surface area contributed by atoms with Gasteiger partial charge in [-0.3, -0.25) is 4.79 Å². The van der Waals surface area contributed by atoms with Crippen molar-refractivity contribution in [1.82, 2.24) is 15.1 Å². The first kappa shape index (κ1) is 22.8. The number of benzene rings is 2. The molecule has 4 rings (SSSR count). The van der Waals surface area contributed by atoms with Crippen molar-refractivity contribution < 1.29 is 32.3 Å². The van der Waals surface area contributed by atoms with Crippen molar-refractivity contribution in [2.75, 3.05) is 0 Å². The van der Waals surface area contributed by atoms with Crippen LogP contribution < -0.4 is 9.47 Å². The van der Waals surface area contributed by atoms with Crippen LogP contribution in [0.2, 0.25) is 0 Å². The van der Waals surface area contributed by atoms with Crippen LogP contribution >= 0.6 is 0 Å². The Kier molecular flexibility index (Phi) is 7.39. The van der Waals surface area contributed by atoms with Crippen LogP contribution in [0.3, 0.4) is 0 Å². The summed E-state index contributed by atoms with van der Waals surface area (Å²) in [6.07, 6.45) is 1.53. The number of hydrogen-bond acceptors (Lipinski definition) is 8. The monoisotopic (exact) mass is 467 g/mol. The summed E-state index contributed by atoms with van der Waals surface area (Å²) >= 11 is 0. The molecule has 0 spiro atoms. The molecule has 0 atom stereocenters. The summed E-state index contributed by atoms with van der Waals surface area (Å²) < 4.78 is 44.7. The lowest BCUT2D eigenvalue weighted by atomic mass is 10.2. The zero-order chi connectivity index (χ0) is 23.8. The number of esters is 1. The number of hydrogen-bond donors (Lipinski definition) is 0. The summed E-state index contributed by atoms with van der Waals surface area (Å²) in [4.78, 5) is 20.2. The minimum atomic E-state index is -2.92. The molecule has 10 heteroatoms. The summed E-state index contributed by atoms with van der Waals surface area (Å²) in [6, 6.07) is 19.0. The van der Waals surface area contributed by atoms with Gasteiger partial charge >= 0.3 is 12.6 Å². The van der Waals surface area contributed by atoms with Gasteiger partial charge in [0.2, 0.25) is 17.6 Å². The second-order valence-corrected chi connectivity index (χ2v) is 7.00. The lowest BCUT2D eigenvalue weighted by molar-refractivity contribution is -0.145. The van der Waals surface area contributed by atoms with E-state index in [2.05, 4.69) is 19.9 Å². The van der Waals surface area contributed by atoms with Crippen LogP contribution in [0.25, 0.3) is 11.4 Å². The van der Waals surface area contributed by atoms with Crippen LogP contribution in [0.4, 0.5) is 8.78 Å². The van der Waals surface area contributed by atoms with E-state index >= 15 is 0 Å². The fourth-order valence-electron chi connectivity index (χ4n) is 2.89. The molecule has 0 aliphatic carbocycles. The molecule has 0 saturated heterocycles. The molecule has 2 heterocycles. The molecule has 4 aromatic rings. The molecule has 0 saturated carbocycles. The van der Waals surface area contributed by atoms with Gasteiger partial charge in [0.15, 0.2) is 0 Å². The normalized spacial score (nSPS) is 10.8. The number of alkyl halides is 2. The van der Waals surface area contributed by atoms with E-state index in [0.717, 1.165) is 11.8 Å². The van der Waals surface area contributed by atoms with E-state index in [4.69, 9.17) is 14.0 Å². The molecule has 0 amide bonds. The predicted octanol–water partition coefficient (Wildman–Crippen LogP) is 5.20. The van der Waals surface area contributed by atoms with Gasteiger partial charge in [0, 0.05) is 18.1 Å². The van der Waals surface area contributed by atoms with E-state index in [0.29, 0.717) is 23.0 Å². The van der Waals surface area contributed by atoms with Crippen LogP contribution in [0.5, 0.6) is 17.4 Å². The quantitative estimate of drug-likeness (QED) is 0.294. The molecule has 0 radical (unpaired) electrons. The number of nitrogens with zero attached hydrogens (tertiary/aromatic N) is 3. The first-order valence-electron chi connectivity index (χ1n) is 10.3. The number of halogens is 2. The summed E-state index contributed by atoms with van der Waals surface area (Å²) in [6.45, 7) is -2.70. The van der Waals surface area contributed by atoms with E-state index in [1.165, 1.54) is 12.1 Å². The van der Waals surface area contributed by atoms with Crippen LogP contribution in [0, 0.1) is 0 Å². The van der Waals surface area contributed by atoms with Crippen LogP contribution in [-0.2, 0) is 22.6 Å². The smallest absolute Gasteiger partial charge is 0.387 e. The maximum absolute atomic E-state index is 12.2. The molecular formula is C24H19F2N3O5. The lowest BCUT2D eigenvalue weighted by Gasteiger charge is -2.07. The van der Waals surface area contributed by atoms with Gasteiger partial charge in [-0.05, 0) is 35.9 Å². The third-order valence-corrected chi connectivity index (χ3v) is 4.52. The Morgan fingerprint density at radius 3 is 2.44 bits per heavy atom. The molecule has 0 aliphatic rings. The minimum absolute atomic E-state index is 0.0601. The van der Waals surface area contributed by atoms with Crippen LogP contribution in [0.1, 0.15) is 17.9 Å². The number of carbonyl (C=O) groups excluding carboxylic acids is 1. The molecule has 0 bridgehead atoms. The van der Waals surface area contributed by atoms with Gasteiger partial charge in [0.05, 0.1) is 12.6 Å². The highest BCUT2D eigenvalue weighted by atomic mass is 19.3. The minimum Gasteiger partial charge on any atom is -0.461 e. The molecule has 2 aromatic carbocycles. The van der Waals surface area contributed by atoms with Crippen molar-refractivity contribution in [3.8, 4) is 28.8 Å². The molecule has 8 nitrogen and oxygen atoms in total. The van der Waals surface area contributed by atoms with Crippen molar-refractivity contribution in [2.24, 2.45) is 0 Å². The average molecular weight is 467 g/mol. The molecule has 0 aliphatic heterocycles. The SMILES string of the molecule is O=C(CCc1nc(-c2ccc(Oc3ccc(OC(F)F)cn3)cc2)no1)OCc1ccccc1. The molecular weight excluding hydrogens is 448 g/mol. The third kappa shape index (κ3) is 6.58. The highest BCUT2D eigenvalue weighted by Gasteiger charge is 2.12. The number of aromatic nitrogens is 3. The topological polar surface area (TPSA) is 96.6 Å². The largest absolute Gasteiger partial charge is 0.461 e. The Bertz CT molecular complexity index is 1200. The number of ether oxygens (including phenoxy) is 3. The Labute approximate surface area is 193 Å². The molecule has 0 fully saturated rings. The van der Waals surface area contributed by atoms with Crippen molar-refractivity contribution in [2.45, 2.75) is 26.1 Å². The molecule has 0 unspecified atom stereocenters. The molecule has 34 heavy (non-hydrogen) atoms. The molecule has 0 N–H and O–H groups in total. The average Bonchev–Trinajstić information content (AvgIpc) is 3.33. The van der Waals surface area contributed by atoms with Gasteiger partial charge in [-0.2, -0.15) is 13.8 Å². The Morgan fingerprint density at radius 2 is 1.74 bits per heavy atom. The third-order valence-electron chi connectivity index (χ3n) is 4.52. The fourth-order valence-corrected chi connectivity index (χ4v) is 2.89. The van der Waals surface area contributed by atoms with Gasteiger partial charge in [-0.15, -0.1) is 0 Å². The van der Waals surface area contributed by atoms with E-state index in [1.807, 2.05) is 30.3 Å². The predicted molar refractivity (Wildman–Crippen MR) is 115 cm³/mol. The zero-order valence-corrected chi connectivity index (χ0v) is 17.8. The first-order chi connectivity index (χ1) is 16.5. The van der Waals surface area contributed by atoms with Crippen molar-refractivity contribution in [3.05, 3.63) is 84.4 Å². The Morgan fingerprint density at radius 1 is 0.971 bits per heavy atom. The van der Waals surface area contributed by atoms with E-state index in [9.17, 15) is 13.6 Å². The summed E-state index contributed by atoms with van der Waals surface area (Å²) in [7, 11) is 0. The summed E-state index contributed by atoms with van der Waals surface area (Å²) in [5.41, 5.74) is 1.60. The Hall–Kier alpha value is -4.34. The standard InChI is InChI=1S/C24H19F2N3O5/c25-24(26)33-19-10-11-20(27-14-19)32-18-8-6-17(7-9-18)23-28-21(34-29-23)12-13-22(30)31-15-16-4-2-1-3-5-16/h1-11,14,24H,12-13,15H2. The lowest BCUT2D eigenvalue weighted by Crippen LogP contribution is -2.06. The highest BCUT2D eigenvalue weighted by molar-refractivity contribution is 5.69. The van der Waals surface area contributed by atoms with Gasteiger partial charge in [-0.25, -0.2) is 4.98 Å². The summed E-state index contributed by atoms with van der Waals surface area (Å²) in [5, 5.41) is 3.94. The maximum Gasteiger partial charge on any atom is 0.387 e. The summed E-state index contributed by atoms with van der Waals surface area (Å²) in [5.74, 6) is 0.967. The maximum atomic E-state index is 12.2. The van der Waals surface area contributed by atoms with Crippen molar-refractivity contribution in [1.29, 1.82) is 0 Å². The molecule has 2 aromatic heterocycles.